The van der Waals surface area contributed by atoms with Crippen molar-refractivity contribution in [2.45, 2.75) is 6.42 Å². The molecule has 0 spiro atoms. The molecule has 0 radical (unpaired) electrons. The van der Waals surface area contributed by atoms with Crippen LogP contribution in [-0.4, -0.2) is 23.5 Å². The number of ketones is 1. The summed E-state index contributed by atoms with van der Waals surface area (Å²) in [5, 5.41) is 17.3. The molecule has 0 fully saturated rings. The minimum atomic E-state index is -0.907. The quantitative estimate of drug-likeness (QED) is 0.624. The van der Waals surface area contributed by atoms with E-state index in [-0.39, 0.29) is 18.8 Å². The van der Waals surface area contributed by atoms with Crippen LogP contribution < -0.4 is 4.74 Å². The average molecular weight is 321 g/mol. The highest BCUT2D eigenvalue weighted by atomic mass is 16.5. The molecule has 24 heavy (non-hydrogen) atoms. The number of nitrogens with zero attached hydrogens (tertiary/aromatic N) is 1. The standard InChI is InChI=1S/C19H15NO4/c20-13-15-1-6-16(7-2-15)18(21)10-5-14-3-8-17(9-4-14)24-12-11-19(22)23/h1-10H,11-12H2,(H,22,23)/b10-5+. The van der Waals surface area contributed by atoms with E-state index in [9.17, 15) is 9.59 Å². The van der Waals surface area contributed by atoms with Gasteiger partial charge in [0.2, 0.25) is 0 Å². The monoisotopic (exact) mass is 321 g/mol. The van der Waals surface area contributed by atoms with Crippen LogP contribution in [0, 0.1) is 11.3 Å². The maximum Gasteiger partial charge on any atom is 0.306 e. The van der Waals surface area contributed by atoms with Gasteiger partial charge in [-0.2, -0.15) is 5.26 Å². The Kier molecular flexibility index (Phi) is 5.87. The summed E-state index contributed by atoms with van der Waals surface area (Å²) < 4.78 is 5.29. The first kappa shape index (κ1) is 17.0. The van der Waals surface area contributed by atoms with Crippen LogP contribution in [0.2, 0.25) is 0 Å². The van der Waals surface area contributed by atoms with E-state index < -0.39 is 5.97 Å². The van der Waals surface area contributed by atoms with Crippen LogP contribution in [0.1, 0.15) is 27.9 Å². The first-order chi connectivity index (χ1) is 11.6. The number of hydrogen-bond donors (Lipinski definition) is 1. The minimum Gasteiger partial charge on any atom is -0.493 e. The second-order valence-electron chi connectivity index (χ2n) is 4.95. The van der Waals surface area contributed by atoms with Crippen LogP contribution in [0.3, 0.4) is 0 Å². The number of carboxylic acid groups (broad SMARTS) is 1. The van der Waals surface area contributed by atoms with Crippen LogP contribution >= 0.6 is 0 Å². The van der Waals surface area contributed by atoms with E-state index in [0.29, 0.717) is 16.9 Å². The van der Waals surface area contributed by atoms with Crippen LogP contribution in [0.15, 0.2) is 54.6 Å². The van der Waals surface area contributed by atoms with Gasteiger partial charge in [-0.15, -0.1) is 0 Å². The van der Waals surface area contributed by atoms with Crippen LogP contribution in [-0.2, 0) is 4.79 Å². The van der Waals surface area contributed by atoms with Gasteiger partial charge in [-0.05, 0) is 48.0 Å². The van der Waals surface area contributed by atoms with Crippen molar-refractivity contribution in [1.29, 1.82) is 5.26 Å². The molecule has 0 aliphatic rings. The van der Waals surface area contributed by atoms with Crippen molar-refractivity contribution in [3.8, 4) is 11.8 Å². The van der Waals surface area contributed by atoms with Gasteiger partial charge in [0.15, 0.2) is 5.78 Å². The van der Waals surface area contributed by atoms with Gasteiger partial charge in [0.1, 0.15) is 5.75 Å². The zero-order chi connectivity index (χ0) is 17.4. The number of benzene rings is 2. The van der Waals surface area contributed by atoms with Crippen molar-refractivity contribution in [2.75, 3.05) is 6.61 Å². The number of nitriles is 1. The van der Waals surface area contributed by atoms with E-state index >= 15 is 0 Å². The molecular formula is C19H15NO4. The van der Waals surface area contributed by atoms with Gasteiger partial charge in [-0.3, -0.25) is 9.59 Å². The van der Waals surface area contributed by atoms with Gasteiger partial charge in [0, 0.05) is 5.56 Å². The number of carboxylic acids is 1. The van der Waals surface area contributed by atoms with Crippen molar-refractivity contribution in [1.82, 2.24) is 0 Å². The number of aliphatic carboxylic acids is 1. The summed E-state index contributed by atoms with van der Waals surface area (Å²) in [5.74, 6) is -0.482. The van der Waals surface area contributed by atoms with Crippen LogP contribution in [0.5, 0.6) is 5.75 Å². The molecule has 0 unspecified atom stereocenters. The number of allylic oxidation sites excluding steroid dienone is 1. The molecule has 0 aliphatic heterocycles. The first-order valence-corrected chi connectivity index (χ1v) is 7.26. The SMILES string of the molecule is N#Cc1ccc(C(=O)/C=C/c2ccc(OCCC(=O)O)cc2)cc1. The number of rotatable bonds is 7. The summed E-state index contributed by atoms with van der Waals surface area (Å²) in [6.45, 7) is 0.113. The third-order valence-electron chi connectivity index (χ3n) is 3.19. The maximum atomic E-state index is 12.0. The Morgan fingerprint density at radius 2 is 1.75 bits per heavy atom. The molecule has 5 nitrogen and oxygen atoms in total. The molecular weight excluding hydrogens is 306 g/mol. The highest BCUT2D eigenvalue weighted by Crippen LogP contribution is 2.14. The Balaban J connectivity index is 1.94. The Morgan fingerprint density at radius 1 is 1.08 bits per heavy atom. The van der Waals surface area contributed by atoms with E-state index in [0.717, 1.165) is 5.56 Å². The van der Waals surface area contributed by atoms with Gasteiger partial charge in [0.25, 0.3) is 0 Å². The molecule has 0 saturated heterocycles. The lowest BCUT2D eigenvalue weighted by molar-refractivity contribution is -0.137. The molecule has 1 N–H and O–H groups in total. The summed E-state index contributed by atoms with van der Waals surface area (Å²) in [5.41, 5.74) is 1.84. The first-order valence-electron chi connectivity index (χ1n) is 7.26. The van der Waals surface area contributed by atoms with Gasteiger partial charge in [0.05, 0.1) is 24.7 Å². The topological polar surface area (TPSA) is 87.4 Å². The molecule has 0 bridgehead atoms. The van der Waals surface area contributed by atoms with Gasteiger partial charge in [-0.25, -0.2) is 0 Å². The minimum absolute atomic E-state index is 0.0548. The van der Waals surface area contributed by atoms with E-state index in [2.05, 4.69) is 0 Å². The summed E-state index contributed by atoms with van der Waals surface area (Å²) >= 11 is 0. The molecule has 0 aromatic heterocycles. The summed E-state index contributed by atoms with van der Waals surface area (Å²) in [7, 11) is 0. The average Bonchev–Trinajstić information content (AvgIpc) is 2.60. The predicted octanol–water partition coefficient (Wildman–Crippen LogP) is 3.31. The van der Waals surface area contributed by atoms with Crippen LogP contribution in [0.25, 0.3) is 6.08 Å². The largest absolute Gasteiger partial charge is 0.493 e. The normalized spacial score (nSPS) is 10.3. The summed E-state index contributed by atoms with van der Waals surface area (Å²) in [6, 6.07) is 15.4. The second-order valence-corrected chi connectivity index (χ2v) is 4.95. The van der Waals surface area contributed by atoms with Crippen molar-refractivity contribution in [3.63, 3.8) is 0 Å². The van der Waals surface area contributed by atoms with E-state index in [1.165, 1.54) is 6.08 Å². The van der Waals surface area contributed by atoms with E-state index in [1.54, 1.807) is 54.6 Å². The molecule has 5 heteroatoms. The van der Waals surface area contributed by atoms with Crippen molar-refractivity contribution >= 4 is 17.8 Å². The maximum absolute atomic E-state index is 12.0. The number of carbonyl (C=O) groups excluding carboxylic acids is 1. The van der Waals surface area contributed by atoms with E-state index in [4.69, 9.17) is 15.1 Å². The third-order valence-corrected chi connectivity index (χ3v) is 3.19. The van der Waals surface area contributed by atoms with Crippen molar-refractivity contribution in [3.05, 3.63) is 71.3 Å². The molecule has 0 amide bonds. The molecule has 2 rings (SSSR count). The highest BCUT2D eigenvalue weighted by molar-refractivity contribution is 6.06. The molecule has 2 aromatic rings. The Morgan fingerprint density at radius 3 is 2.33 bits per heavy atom. The zero-order valence-electron chi connectivity index (χ0n) is 12.8. The van der Waals surface area contributed by atoms with E-state index in [1.807, 2.05) is 6.07 Å². The second kappa shape index (κ2) is 8.30. The summed E-state index contributed by atoms with van der Waals surface area (Å²) in [6.07, 6.45) is 3.09. The molecule has 0 heterocycles. The Hall–Kier alpha value is -3.39. The number of ether oxygens (including phenoxy) is 1. The number of carbonyl (C=O) groups is 2. The molecule has 0 saturated carbocycles. The van der Waals surface area contributed by atoms with Gasteiger partial charge < -0.3 is 9.84 Å². The van der Waals surface area contributed by atoms with Crippen molar-refractivity contribution in [2.24, 2.45) is 0 Å². The smallest absolute Gasteiger partial charge is 0.306 e. The predicted molar refractivity (Wildman–Crippen MR) is 88.7 cm³/mol. The lowest BCUT2D eigenvalue weighted by Gasteiger charge is -2.04. The lowest BCUT2D eigenvalue weighted by atomic mass is 10.1. The lowest BCUT2D eigenvalue weighted by Crippen LogP contribution is -2.04. The Labute approximate surface area is 139 Å². The fraction of sp³-hybridized carbons (Fsp3) is 0.105. The summed E-state index contributed by atoms with van der Waals surface area (Å²) in [4.78, 5) is 22.4. The number of hydrogen-bond acceptors (Lipinski definition) is 4. The Bertz CT molecular complexity index is 784. The highest BCUT2D eigenvalue weighted by Gasteiger charge is 2.02. The van der Waals surface area contributed by atoms with Crippen molar-refractivity contribution < 1.29 is 19.4 Å². The van der Waals surface area contributed by atoms with Gasteiger partial charge >= 0.3 is 5.97 Å². The fourth-order valence-electron chi connectivity index (χ4n) is 1.91. The van der Waals surface area contributed by atoms with Crippen LogP contribution in [0.4, 0.5) is 0 Å². The fourth-order valence-corrected chi connectivity index (χ4v) is 1.91. The molecule has 120 valence electrons. The zero-order valence-corrected chi connectivity index (χ0v) is 12.8. The third kappa shape index (κ3) is 5.11. The molecule has 0 aliphatic carbocycles. The molecule has 0 atom stereocenters. The molecule has 2 aromatic carbocycles. The van der Waals surface area contributed by atoms with Gasteiger partial charge in [-0.1, -0.05) is 18.2 Å².